The quantitative estimate of drug-likeness (QED) is 0.0563. The molecule has 2 aromatic carbocycles. The van der Waals surface area contributed by atoms with E-state index in [-0.39, 0.29) is 107 Å². The van der Waals surface area contributed by atoms with Crippen LogP contribution in [-0.4, -0.2) is 221 Å². The third kappa shape index (κ3) is 18.4. The number of likely N-dealkylation sites (N-methyl/N-ethyl adjacent to an activating group) is 3. The van der Waals surface area contributed by atoms with Crippen LogP contribution < -0.4 is 25.6 Å². The number of carbonyl (C=O) groups excluding carboxylic acids is 9. The monoisotopic (exact) mass is 1310 g/mol. The first kappa shape index (κ1) is 71.5. The lowest BCUT2D eigenvalue weighted by atomic mass is 9.83. The van der Waals surface area contributed by atoms with E-state index in [9.17, 15) is 53.4 Å². The Morgan fingerprint density at radius 2 is 1.65 bits per heavy atom. The van der Waals surface area contributed by atoms with Crippen LogP contribution in [0.1, 0.15) is 74.9 Å². The minimum absolute atomic E-state index is 0.00169. The van der Waals surface area contributed by atoms with Crippen LogP contribution >= 0.6 is 11.6 Å². The minimum atomic E-state index is -1.76. The number of hydrogen-bond acceptors (Lipinski definition) is 21. The molecule has 0 spiro atoms. The maximum atomic E-state index is 14.5. The van der Waals surface area contributed by atoms with Gasteiger partial charge in [-0.3, -0.25) is 34.2 Å². The highest BCUT2D eigenvalue weighted by atomic mass is 35.5. The van der Waals surface area contributed by atoms with Gasteiger partial charge in [0.15, 0.2) is 5.72 Å². The lowest BCUT2D eigenvalue weighted by Crippen LogP contribution is -2.65. The molecule has 1 saturated heterocycles. The molecule has 29 heteroatoms. The van der Waals surface area contributed by atoms with Gasteiger partial charge >= 0.3 is 24.2 Å². The number of anilines is 2. The molecule has 4 aliphatic heterocycles. The molecule has 10 atom stereocenters. The number of ether oxygens (including phenoxy) is 9. The summed E-state index contributed by atoms with van der Waals surface area (Å²) < 4.78 is 50.5. The fourth-order valence-corrected chi connectivity index (χ4v) is 11.4. The van der Waals surface area contributed by atoms with E-state index in [0.717, 1.165) is 33.1 Å². The highest BCUT2D eigenvalue weighted by Crippen LogP contribution is 2.61. The van der Waals surface area contributed by atoms with E-state index in [1.54, 1.807) is 43.5 Å². The van der Waals surface area contributed by atoms with Gasteiger partial charge in [0.1, 0.15) is 55.1 Å². The molecule has 0 radical (unpaired) electrons. The molecule has 7 rings (SSSR count). The van der Waals surface area contributed by atoms with Crippen LogP contribution in [0.2, 0.25) is 5.02 Å². The van der Waals surface area contributed by atoms with Gasteiger partial charge in [-0.1, -0.05) is 61.4 Å². The van der Waals surface area contributed by atoms with Crippen LogP contribution in [0, 0.1) is 17.3 Å². The molecule has 1 aliphatic carbocycles. The summed E-state index contributed by atoms with van der Waals surface area (Å²) in [7, 11) is 8.73. The van der Waals surface area contributed by atoms with Crippen molar-refractivity contribution >= 4 is 76.8 Å². The van der Waals surface area contributed by atoms with Crippen molar-refractivity contribution < 1.29 is 96.0 Å². The molecule has 8 amide bonds. The van der Waals surface area contributed by atoms with Crippen molar-refractivity contribution in [1.29, 1.82) is 0 Å². The number of nitrogens with one attached hydrogen (secondary N) is 3. The summed E-state index contributed by atoms with van der Waals surface area (Å²) in [6, 6.07) is 6.66. The number of amides is 8. The van der Waals surface area contributed by atoms with Crippen LogP contribution in [0.25, 0.3) is 0 Å². The Hall–Kier alpha value is -7.96. The number of methoxy groups -OCH3 is 2. The van der Waals surface area contributed by atoms with Crippen LogP contribution in [0.5, 0.6) is 5.75 Å². The normalized spacial score (nSPS) is 26.5. The van der Waals surface area contributed by atoms with Gasteiger partial charge in [0.2, 0.25) is 18.2 Å². The molecule has 2 unspecified atom stereocenters. The number of hydrogen-bond donors (Lipinski definition) is 5. The van der Waals surface area contributed by atoms with E-state index < -0.39 is 102 Å². The van der Waals surface area contributed by atoms with Gasteiger partial charge in [0, 0.05) is 85.5 Å². The molecule has 502 valence electrons. The predicted octanol–water partition coefficient (Wildman–Crippen LogP) is 4.40. The molecule has 28 nitrogen and oxygen atoms in total. The van der Waals surface area contributed by atoms with E-state index in [1.807, 2.05) is 26.8 Å². The summed E-state index contributed by atoms with van der Waals surface area (Å²) in [5, 5.41) is 31.0. The predicted molar refractivity (Wildman–Crippen MR) is 330 cm³/mol. The number of benzene rings is 2. The van der Waals surface area contributed by atoms with E-state index >= 15 is 0 Å². The molecule has 1 saturated carbocycles. The minimum Gasteiger partial charge on any atom is -0.495 e. The fourth-order valence-electron chi connectivity index (χ4n) is 11.1. The van der Waals surface area contributed by atoms with Crippen LogP contribution in [-0.2, 0) is 74.9 Å². The van der Waals surface area contributed by atoms with Crippen molar-refractivity contribution in [2.75, 3.05) is 105 Å². The van der Waals surface area contributed by atoms with Gasteiger partial charge in [-0.05, 0) is 80.0 Å². The number of carbonyl (C=O) groups is 9. The topological polar surface area (TPSA) is 329 Å². The summed E-state index contributed by atoms with van der Waals surface area (Å²) in [6.07, 6.45) is 3.51. The molecule has 92 heavy (non-hydrogen) atoms. The second kappa shape index (κ2) is 32.1. The first-order chi connectivity index (χ1) is 43.7. The van der Waals surface area contributed by atoms with Crippen molar-refractivity contribution in [1.82, 2.24) is 30.2 Å². The number of aliphatic hydroxyl groups excluding tert-OH is 1. The number of imide groups is 1. The van der Waals surface area contributed by atoms with Crippen molar-refractivity contribution in [3.05, 3.63) is 100 Å². The first-order valence-corrected chi connectivity index (χ1v) is 30.3. The van der Waals surface area contributed by atoms with Gasteiger partial charge in [0.05, 0.1) is 56.2 Å². The Morgan fingerprint density at radius 3 is 2.35 bits per heavy atom. The van der Waals surface area contributed by atoms with Gasteiger partial charge < -0.3 is 77.8 Å². The van der Waals surface area contributed by atoms with E-state index in [0.29, 0.717) is 29.8 Å². The lowest BCUT2D eigenvalue weighted by molar-refractivity contribution is -0.271. The van der Waals surface area contributed by atoms with Gasteiger partial charge in [-0.25, -0.2) is 24.5 Å². The number of aliphatic hydroxyl groups is 2. The van der Waals surface area contributed by atoms with Gasteiger partial charge in [0.25, 0.3) is 17.7 Å². The highest BCUT2D eigenvalue weighted by Gasteiger charge is 2.62. The average Bonchev–Trinajstić information content (AvgIpc) is 1.56. The summed E-state index contributed by atoms with van der Waals surface area (Å²) >= 11 is 6.86. The summed E-state index contributed by atoms with van der Waals surface area (Å²) in [6.45, 7) is 6.40. The van der Waals surface area contributed by atoms with Gasteiger partial charge in [-0.2, -0.15) is 0 Å². The smallest absolute Gasteiger partial charge is 0.412 e. The van der Waals surface area contributed by atoms with Crippen molar-refractivity contribution in [2.24, 2.45) is 17.3 Å². The lowest BCUT2D eigenvalue weighted by Gasteiger charge is -2.45. The second-order valence-corrected chi connectivity index (χ2v) is 23.9. The zero-order valence-electron chi connectivity index (χ0n) is 53.3. The number of rotatable bonds is 19. The maximum Gasteiger partial charge on any atom is 0.412 e. The first-order valence-electron chi connectivity index (χ1n) is 30.0. The molecular weight excluding hydrogens is 1220 g/mol. The largest absolute Gasteiger partial charge is 0.495 e. The third-order valence-corrected chi connectivity index (χ3v) is 17.4. The Labute approximate surface area is 538 Å². The highest BCUT2D eigenvalue weighted by molar-refractivity contribution is 6.35. The molecule has 2 fully saturated rings. The van der Waals surface area contributed by atoms with E-state index in [1.165, 1.54) is 75.2 Å². The molecule has 5 N–H and O–H groups in total. The number of esters is 1. The maximum absolute atomic E-state index is 14.5. The van der Waals surface area contributed by atoms with E-state index in [4.69, 9.17) is 54.2 Å². The number of halogens is 1. The van der Waals surface area contributed by atoms with Crippen LogP contribution in [0.4, 0.5) is 25.8 Å². The van der Waals surface area contributed by atoms with Gasteiger partial charge in [-0.15, -0.1) is 0 Å². The molecule has 4 bridgehead atoms. The summed E-state index contributed by atoms with van der Waals surface area (Å²) in [4.78, 5) is 125. The van der Waals surface area contributed by atoms with Crippen molar-refractivity contribution in [2.45, 2.75) is 109 Å². The Morgan fingerprint density at radius 1 is 0.946 bits per heavy atom. The third-order valence-electron chi connectivity index (χ3n) is 17.0. The Balaban J connectivity index is 0.927. The fraction of sp³-hybridized carbons (Fsp3) is 0.540. The SMILES string of the molecule is COc1cc2cc(c1Cl)N(C)C(=O)C[C@H](OC(=O)[C@H](C)N(C)C(=O)CCOC(=O)N(C)CCN(C)C(=O)OCc1ccc(NC(=O)OC3/C=C/COCOC3)c(C(=O)NCCN3C(=O)C=CC3=O)c1)[C@]1(C)C[C@H]1[C@H](C)[C@@H]1C[C@@](O)(NC(O)O1)[C@H](OC)/C=C/C=C(\C)C2. The molecular formula is C63H83ClN8O20. The van der Waals surface area contributed by atoms with Crippen LogP contribution in [0.15, 0.2) is 78.4 Å². The Kier molecular flexibility index (Phi) is 24.9. The molecule has 5 aliphatic rings. The number of nitrogens with zero attached hydrogens (tertiary/aromatic N) is 5. The average molecular weight is 1310 g/mol. The number of allylic oxidation sites excluding steroid dienone is 3. The zero-order valence-corrected chi connectivity index (χ0v) is 54.1. The number of fused-ring (bicyclic) bond motifs is 5. The van der Waals surface area contributed by atoms with Crippen molar-refractivity contribution in [3.63, 3.8) is 0 Å². The molecule has 0 aromatic heterocycles. The van der Waals surface area contributed by atoms with E-state index in [2.05, 4.69) is 16.0 Å². The second-order valence-electron chi connectivity index (χ2n) is 23.5. The zero-order chi connectivity index (χ0) is 67.2. The Bertz CT molecular complexity index is 3180. The molecule has 2 aromatic rings. The van der Waals surface area contributed by atoms with Crippen LogP contribution in [0.3, 0.4) is 0 Å². The molecule has 4 heterocycles. The standard InChI is InChI=1S/C63H83ClN8O20/c1-37-13-11-15-49(85-10)63(83)33-48(91-59(80)67-63)38(2)44-32-62(44,4)50(31-54(76)71(8)46-29-41(27-37)30-47(84-9)55(46)64)92-57(78)39(3)70(7)51(73)20-26-88-60(81)68(5)23-24-69(6)61(82)89-34-40-16-17-45(66-58(79)90-42-14-12-25-86-36-87-35-42)43(28-40)56(77)65-21-22-72-52(74)18-19-53(72)75/h11-19,28-30,38-39,42,44,48-50,59,67,80,83H,20-27,31-36H2,1-10H3,(H,65,77)(H,66,79)/b14-12+,15-11+,37-13+/t38-,39-,42?,44-,48-,49+,50-,59?,62+,63-/m0/s1. The van der Waals surface area contributed by atoms with Crippen molar-refractivity contribution in [3.8, 4) is 5.75 Å². The summed E-state index contributed by atoms with van der Waals surface area (Å²) in [5.74, 6) is -3.87. The summed E-state index contributed by atoms with van der Waals surface area (Å²) in [5.41, 5.74) is -0.261.